The summed E-state index contributed by atoms with van der Waals surface area (Å²) in [5.41, 5.74) is 3.51. The zero-order valence-corrected chi connectivity index (χ0v) is 44.0. The number of amides is 2. The molecule has 19 heteroatoms. The third kappa shape index (κ3) is 12.0. The van der Waals surface area contributed by atoms with E-state index >= 15 is 0 Å². The Morgan fingerprint density at radius 2 is 1.04 bits per heavy atom. The van der Waals surface area contributed by atoms with Gasteiger partial charge in [0.25, 0.3) is 0 Å². The summed E-state index contributed by atoms with van der Waals surface area (Å²) in [7, 11) is 0. The van der Waals surface area contributed by atoms with Crippen LogP contribution in [0, 0.1) is 42.6 Å². The molecule has 0 aliphatic carbocycles. The van der Waals surface area contributed by atoms with E-state index in [0.717, 1.165) is 19.1 Å². The Morgan fingerprint density at radius 1 is 0.657 bits per heavy atom. The van der Waals surface area contributed by atoms with Gasteiger partial charge < -0.3 is 33.9 Å². The number of rotatable bonds is 24. The van der Waals surface area contributed by atoms with Crippen molar-refractivity contribution in [2.24, 2.45) is 35.5 Å². The van der Waals surface area contributed by atoms with Crippen LogP contribution in [0.3, 0.4) is 0 Å². The first kappa shape index (κ1) is 55.6. The summed E-state index contributed by atoms with van der Waals surface area (Å²) in [6, 6.07) is 10.4. The minimum absolute atomic E-state index is 0.00906. The van der Waals surface area contributed by atoms with Gasteiger partial charge in [0.2, 0.25) is 11.8 Å². The van der Waals surface area contributed by atoms with E-state index in [-0.39, 0.29) is 81.3 Å². The van der Waals surface area contributed by atoms with Crippen molar-refractivity contribution in [3.63, 3.8) is 0 Å². The van der Waals surface area contributed by atoms with E-state index in [2.05, 4.69) is 84.5 Å². The molecular weight excluding hydrogens is 1130 g/mol. The number of carbonyl (C=O) groups excluding carboxylic acids is 6. The molecule has 17 nitrogen and oxygen atoms in total. The smallest absolute Gasteiger partial charge is 0.355 e. The Balaban J connectivity index is 0.000000261. The zero-order valence-electron chi connectivity index (χ0n) is 39.7. The fraction of sp³-hybridized carbons (Fsp3) is 0.412. The number of ether oxygens (including phenoxy) is 4. The van der Waals surface area contributed by atoms with Gasteiger partial charge in [0.15, 0.2) is 0 Å². The van der Waals surface area contributed by atoms with E-state index in [0.29, 0.717) is 22.6 Å². The number of fused-ring (bicyclic) bond motifs is 2. The molecule has 2 amide bonds. The zero-order chi connectivity index (χ0) is 51.4. The second-order valence-electron chi connectivity index (χ2n) is 16.7. The summed E-state index contributed by atoms with van der Waals surface area (Å²) in [4.78, 5) is 99.0. The third-order valence-electron chi connectivity index (χ3n) is 12.5. The van der Waals surface area contributed by atoms with E-state index < -0.39 is 59.6 Å². The van der Waals surface area contributed by atoms with Gasteiger partial charge in [-0.15, -0.1) is 13.2 Å². The largest absolute Gasteiger partial charge is 0.488 e. The van der Waals surface area contributed by atoms with Crippen LogP contribution in [-0.4, -0.2) is 102 Å². The van der Waals surface area contributed by atoms with Gasteiger partial charge in [-0.2, -0.15) is 9.78 Å². The summed E-state index contributed by atoms with van der Waals surface area (Å²) in [5, 5.41) is 9.32. The number of aliphatic hydroxyl groups is 1. The number of hydrogen-bond acceptors (Lipinski definition) is 15. The molecular formula is C51H58I2N2O15. The molecule has 70 heavy (non-hydrogen) atoms. The van der Waals surface area contributed by atoms with E-state index in [1.54, 1.807) is 32.0 Å². The van der Waals surface area contributed by atoms with Crippen LogP contribution in [0.25, 0.3) is 0 Å². The molecule has 0 aromatic heterocycles. The molecule has 376 valence electrons. The molecule has 2 aromatic rings. The van der Waals surface area contributed by atoms with Gasteiger partial charge in [0, 0.05) is 23.0 Å². The standard InChI is InChI=1S/C26H30INO7.C25H28INO8/c1-6-11-32-26(31)23-18(14-33-20-10-9-17(8-3)13-19(20)27)15(4)22-21(24(29)28(22)23)16(5)25(30)35-34-12-7-2;1-5-9-32-25(31)22-17(13-33-19-8-7-16(12-28)11-18(19)26)14(3)21-20(23(29)27(21)22)15(4)24(30)35-34-10-6-2/h6-7,9-10,13,15-16,21-22H,1-2,8,11-12,14H2,3-5H3;5-8,11,14-15,20-21,28H,1-2,9-10,12-13H2,3-4H3/t15-,16?,21?,22?;14-,15?,20?,21?/m00/s1. The van der Waals surface area contributed by atoms with Crippen molar-refractivity contribution >= 4 is 80.9 Å². The number of benzene rings is 2. The number of nitrogens with zero attached hydrogens (tertiary/aromatic N) is 2. The monoisotopic (exact) mass is 1190 g/mol. The molecule has 2 aromatic carbocycles. The maximum absolute atomic E-state index is 13.2. The van der Waals surface area contributed by atoms with Gasteiger partial charge in [-0.25, -0.2) is 19.2 Å². The lowest BCUT2D eigenvalue weighted by Gasteiger charge is -2.47. The number of aliphatic hydroxyl groups excluding tert-OH is 1. The van der Waals surface area contributed by atoms with E-state index in [1.807, 2.05) is 26.0 Å². The van der Waals surface area contributed by atoms with Gasteiger partial charge in [0.1, 0.15) is 62.5 Å². The highest BCUT2D eigenvalue weighted by atomic mass is 127. The van der Waals surface area contributed by atoms with Crippen molar-refractivity contribution < 1.29 is 72.4 Å². The molecule has 6 unspecified atom stereocenters. The summed E-state index contributed by atoms with van der Waals surface area (Å²) in [6.45, 7) is 23.4. The van der Waals surface area contributed by atoms with Crippen LogP contribution in [-0.2, 0) is 70.8 Å². The lowest BCUT2D eigenvalue weighted by atomic mass is 9.74. The minimum atomic E-state index is -0.784. The van der Waals surface area contributed by atoms with Gasteiger partial charge in [-0.1, -0.05) is 84.2 Å². The van der Waals surface area contributed by atoms with Crippen LogP contribution >= 0.6 is 45.2 Å². The molecule has 0 saturated carbocycles. The first-order valence-corrected chi connectivity index (χ1v) is 24.7. The molecule has 0 bridgehead atoms. The average Bonchev–Trinajstić information content (AvgIpc) is 3.75. The number of esters is 2. The fourth-order valence-corrected chi connectivity index (χ4v) is 10.2. The Hall–Kier alpha value is -5.36. The second kappa shape index (κ2) is 25.7. The van der Waals surface area contributed by atoms with Crippen molar-refractivity contribution in [1.29, 1.82) is 0 Å². The third-order valence-corrected chi connectivity index (χ3v) is 14.2. The van der Waals surface area contributed by atoms with Crippen LogP contribution in [0.15, 0.2) is 110 Å². The van der Waals surface area contributed by atoms with Crippen LogP contribution < -0.4 is 9.47 Å². The molecule has 4 heterocycles. The van der Waals surface area contributed by atoms with E-state index in [4.69, 9.17) is 38.5 Å². The molecule has 8 atom stereocenters. The maximum atomic E-state index is 13.2. The fourth-order valence-electron chi connectivity index (χ4n) is 8.77. The van der Waals surface area contributed by atoms with Gasteiger partial charge in [-0.05, 0) is 87.0 Å². The predicted molar refractivity (Wildman–Crippen MR) is 270 cm³/mol. The number of halogens is 2. The summed E-state index contributed by atoms with van der Waals surface area (Å²) in [6.07, 6.45) is 6.70. The Bertz CT molecular complexity index is 2270. The van der Waals surface area contributed by atoms with Crippen LogP contribution in [0.4, 0.5) is 0 Å². The van der Waals surface area contributed by atoms with E-state index in [1.165, 1.54) is 39.7 Å². The highest BCUT2D eigenvalue weighted by Crippen LogP contribution is 2.50. The lowest BCUT2D eigenvalue weighted by molar-refractivity contribution is -0.271. The Labute approximate surface area is 434 Å². The Morgan fingerprint density at radius 3 is 1.40 bits per heavy atom. The summed E-state index contributed by atoms with van der Waals surface area (Å²) in [5.74, 6) is -5.42. The first-order valence-electron chi connectivity index (χ1n) is 22.5. The molecule has 1 N–H and O–H groups in total. The summed E-state index contributed by atoms with van der Waals surface area (Å²) < 4.78 is 24.4. The lowest BCUT2D eigenvalue weighted by Crippen LogP contribution is -2.63. The first-order chi connectivity index (χ1) is 33.5. The Kier molecular flexibility index (Phi) is 20.4. The number of carbonyl (C=O) groups is 6. The van der Waals surface area contributed by atoms with Gasteiger partial charge in [-0.3, -0.25) is 19.4 Å². The normalized spacial score (nSPS) is 21.7. The predicted octanol–water partition coefficient (Wildman–Crippen LogP) is 6.91. The van der Waals surface area contributed by atoms with Gasteiger partial charge >= 0.3 is 23.9 Å². The second-order valence-corrected chi connectivity index (χ2v) is 19.0. The molecule has 4 aliphatic heterocycles. The van der Waals surface area contributed by atoms with Crippen LogP contribution in [0.1, 0.15) is 45.7 Å². The van der Waals surface area contributed by atoms with Gasteiger partial charge in [0.05, 0.1) is 49.5 Å². The van der Waals surface area contributed by atoms with Crippen molar-refractivity contribution in [3.8, 4) is 11.5 Å². The van der Waals surface area contributed by atoms with Crippen molar-refractivity contribution in [2.75, 3.05) is 39.6 Å². The number of β-lactam (4-membered cyclic amide) rings is 2. The highest BCUT2D eigenvalue weighted by molar-refractivity contribution is 14.1. The summed E-state index contributed by atoms with van der Waals surface area (Å²) >= 11 is 4.32. The van der Waals surface area contributed by atoms with Crippen molar-refractivity contribution in [1.82, 2.24) is 9.80 Å². The van der Waals surface area contributed by atoms with Crippen molar-refractivity contribution in [3.05, 3.63) is 128 Å². The molecule has 6 rings (SSSR count). The molecule has 4 aliphatic rings. The number of aryl methyl sites for hydroxylation is 1. The van der Waals surface area contributed by atoms with Crippen LogP contribution in [0.2, 0.25) is 0 Å². The molecule has 2 saturated heterocycles. The minimum Gasteiger partial charge on any atom is -0.488 e. The topological polar surface area (TPSA) is 203 Å². The molecule has 2 fully saturated rings. The highest BCUT2D eigenvalue weighted by Gasteiger charge is 2.63. The van der Waals surface area contributed by atoms with E-state index in [9.17, 15) is 33.9 Å². The average molecular weight is 1190 g/mol. The maximum Gasteiger partial charge on any atom is 0.355 e. The molecule has 0 radical (unpaired) electrons. The van der Waals surface area contributed by atoms with Crippen molar-refractivity contribution in [2.45, 2.75) is 59.7 Å². The van der Waals surface area contributed by atoms with Crippen LogP contribution in [0.5, 0.6) is 11.5 Å². The molecule has 0 spiro atoms. The number of hydrogen-bond donors (Lipinski definition) is 1. The SMILES string of the molecule is C=CCOOC(=O)C(C)C1C(=O)N2C(C(=O)OCC=C)=C(COc3ccc(CC)cc3I)[C@H](C)C12.C=CCOOC(=O)C(C)C1C(=O)N2C(C(=O)OCC=C)=C(COc3ccc(CO)cc3I)[C@H](C)C12. The quantitative estimate of drug-likeness (QED) is 0.0216.